The van der Waals surface area contributed by atoms with Crippen LogP contribution in [-0.2, 0) is 26.2 Å². The molecule has 226 valence electrons. The SMILES string of the molecule is CCCCNC(=O)[C@@H](C)N(Cc1ccc(C)cc1)C(=O)CN(c1ccc(OC)c(OC)c1)S(=O)(=O)c1ccc(C)cc1. The number of carbonyl (C=O) groups is 2. The maximum absolute atomic E-state index is 14.1. The van der Waals surface area contributed by atoms with E-state index in [0.29, 0.717) is 18.0 Å². The summed E-state index contributed by atoms with van der Waals surface area (Å²) in [5.74, 6) is -0.104. The predicted octanol–water partition coefficient (Wildman–Crippen LogP) is 4.85. The third kappa shape index (κ3) is 8.03. The molecule has 3 aromatic carbocycles. The van der Waals surface area contributed by atoms with Crippen LogP contribution < -0.4 is 19.1 Å². The average molecular weight is 596 g/mol. The molecule has 0 radical (unpaired) electrons. The number of methoxy groups -OCH3 is 2. The van der Waals surface area contributed by atoms with Gasteiger partial charge in [0.05, 0.1) is 24.8 Å². The Morgan fingerprint density at radius 2 is 1.48 bits per heavy atom. The van der Waals surface area contributed by atoms with Gasteiger partial charge >= 0.3 is 0 Å². The van der Waals surface area contributed by atoms with Crippen molar-refractivity contribution in [2.45, 2.75) is 58.0 Å². The van der Waals surface area contributed by atoms with Gasteiger partial charge in [0, 0.05) is 19.2 Å². The standard InChI is InChI=1S/C32H41N3O6S/c1-7-8-19-33-32(37)25(4)34(21-26-13-9-23(2)10-14-26)31(36)22-35(27-15-18-29(40-5)30(20-27)41-6)42(38,39)28-16-11-24(3)12-17-28/h9-18,20,25H,7-8,19,21-22H2,1-6H3,(H,33,37)/t25-/m1/s1. The van der Waals surface area contributed by atoms with Crippen LogP contribution in [0.15, 0.2) is 71.6 Å². The second-order valence-electron chi connectivity index (χ2n) is 10.2. The van der Waals surface area contributed by atoms with Crippen LogP contribution in [0.25, 0.3) is 0 Å². The fraction of sp³-hybridized carbons (Fsp3) is 0.375. The number of sulfonamides is 1. The number of carbonyl (C=O) groups excluding carboxylic acids is 2. The zero-order chi connectivity index (χ0) is 30.9. The molecule has 0 fully saturated rings. The van der Waals surface area contributed by atoms with Gasteiger partial charge in [-0.1, -0.05) is 60.9 Å². The van der Waals surface area contributed by atoms with Crippen molar-refractivity contribution in [1.82, 2.24) is 10.2 Å². The maximum Gasteiger partial charge on any atom is 0.264 e. The summed E-state index contributed by atoms with van der Waals surface area (Å²) < 4.78 is 39.9. The Hall–Kier alpha value is -4.05. The van der Waals surface area contributed by atoms with Gasteiger partial charge in [-0.25, -0.2) is 8.42 Å². The van der Waals surface area contributed by atoms with Crippen LogP contribution in [0, 0.1) is 13.8 Å². The van der Waals surface area contributed by atoms with E-state index in [1.165, 1.54) is 37.3 Å². The minimum absolute atomic E-state index is 0.0335. The van der Waals surface area contributed by atoms with Gasteiger partial charge in [0.25, 0.3) is 10.0 Å². The smallest absolute Gasteiger partial charge is 0.264 e. The minimum atomic E-state index is -4.20. The average Bonchev–Trinajstić information content (AvgIpc) is 2.98. The van der Waals surface area contributed by atoms with Crippen molar-refractivity contribution < 1.29 is 27.5 Å². The molecule has 0 aliphatic rings. The predicted molar refractivity (Wildman–Crippen MR) is 164 cm³/mol. The number of ether oxygens (including phenoxy) is 2. The first-order valence-corrected chi connectivity index (χ1v) is 15.4. The van der Waals surface area contributed by atoms with Gasteiger partial charge < -0.3 is 19.7 Å². The summed E-state index contributed by atoms with van der Waals surface area (Å²) in [6.45, 7) is 7.60. The van der Waals surface area contributed by atoms with Crippen LogP contribution in [0.3, 0.4) is 0 Å². The third-order valence-corrected chi connectivity index (χ3v) is 8.80. The van der Waals surface area contributed by atoms with E-state index in [0.717, 1.165) is 33.8 Å². The number of nitrogens with one attached hydrogen (secondary N) is 1. The van der Waals surface area contributed by atoms with Crippen molar-refractivity contribution in [1.29, 1.82) is 0 Å². The number of aryl methyl sites for hydroxylation is 2. The molecule has 0 heterocycles. The lowest BCUT2D eigenvalue weighted by Gasteiger charge is -2.32. The van der Waals surface area contributed by atoms with Crippen LogP contribution in [0.2, 0.25) is 0 Å². The molecule has 0 bridgehead atoms. The topological polar surface area (TPSA) is 105 Å². The Kier molecular flexibility index (Phi) is 11.4. The van der Waals surface area contributed by atoms with Crippen LogP contribution >= 0.6 is 0 Å². The number of amides is 2. The van der Waals surface area contributed by atoms with Crippen LogP contribution in [0.1, 0.15) is 43.4 Å². The first kappa shape index (κ1) is 32.5. The molecular weight excluding hydrogens is 554 g/mol. The first-order chi connectivity index (χ1) is 20.0. The lowest BCUT2D eigenvalue weighted by molar-refractivity contribution is -0.139. The fourth-order valence-corrected chi connectivity index (χ4v) is 5.76. The van der Waals surface area contributed by atoms with Gasteiger partial charge in [0.1, 0.15) is 12.6 Å². The van der Waals surface area contributed by atoms with E-state index < -0.39 is 28.5 Å². The summed E-state index contributed by atoms with van der Waals surface area (Å²) >= 11 is 0. The highest BCUT2D eigenvalue weighted by atomic mass is 32.2. The Labute approximate surface area is 249 Å². The lowest BCUT2D eigenvalue weighted by Crippen LogP contribution is -2.51. The molecule has 2 amide bonds. The third-order valence-electron chi connectivity index (χ3n) is 7.01. The lowest BCUT2D eigenvalue weighted by atomic mass is 10.1. The molecule has 0 aliphatic carbocycles. The number of unbranched alkanes of at least 4 members (excludes halogenated alkanes) is 1. The Bertz CT molecular complexity index is 1460. The van der Waals surface area contributed by atoms with E-state index in [1.54, 1.807) is 31.2 Å². The molecule has 1 N–H and O–H groups in total. The quantitative estimate of drug-likeness (QED) is 0.267. The van der Waals surface area contributed by atoms with Crippen LogP contribution in [0.4, 0.5) is 5.69 Å². The first-order valence-electron chi connectivity index (χ1n) is 14.0. The van der Waals surface area contributed by atoms with Crippen molar-refractivity contribution in [2.24, 2.45) is 0 Å². The molecule has 42 heavy (non-hydrogen) atoms. The van der Waals surface area contributed by atoms with Gasteiger partial charge in [-0.05, 0) is 57.0 Å². The summed E-state index contributed by atoms with van der Waals surface area (Å²) in [5.41, 5.74) is 3.00. The summed E-state index contributed by atoms with van der Waals surface area (Å²) in [6.07, 6.45) is 1.73. The van der Waals surface area contributed by atoms with E-state index >= 15 is 0 Å². The zero-order valence-electron chi connectivity index (χ0n) is 25.2. The minimum Gasteiger partial charge on any atom is -0.493 e. The second-order valence-corrected chi connectivity index (χ2v) is 12.1. The number of anilines is 1. The van der Waals surface area contributed by atoms with Gasteiger partial charge in [0.2, 0.25) is 11.8 Å². The summed E-state index contributed by atoms with van der Waals surface area (Å²) in [6, 6.07) is 17.9. The highest BCUT2D eigenvalue weighted by molar-refractivity contribution is 7.92. The van der Waals surface area contributed by atoms with Crippen LogP contribution in [0.5, 0.6) is 11.5 Å². The Balaban J connectivity index is 2.05. The van der Waals surface area contributed by atoms with Crippen molar-refractivity contribution >= 4 is 27.5 Å². The Morgan fingerprint density at radius 3 is 2.05 bits per heavy atom. The molecule has 0 aromatic heterocycles. The molecule has 0 unspecified atom stereocenters. The molecule has 0 saturated carbocycles. The fourth-order valence-electron chi connectivity index (χ4n) is 4.36. The molecule has 0 spiro atoms. The zero-order valence-corrected chi connectivity index (χ0v) is 26.0. The van der Waals surface area contributed by atoms with E-state index in [9.17, 15) is 18.0 Å². The van der Waals surface area contributed by atoms with E-state index in [2.05, 4.69) is 5.32 Å². The number of hydrogen-bond acceptors (Lipinski definition) is 6. The van der Waals surface area contributed by atoms with Gasteiger partial charge in [-0.3, -0.25) is 13.9 Å². The van der Waals surface area contributed by atoms with Crippen molar-refractivity contribution in [3.05, 3.63) is 83.4 Å². The van der Waals surface area contributed by atoms with E-state index in [1.807, 2.05) is 45.0 Å². The molecule has 1 atom stereocenters. The highest BCUT2D eigenvalue weighted by Crippen LogP contribution is 2.34. The van der Waals surface area contributed by atoms with E-state index in [-0.39, 0.29) is 23.0 Å². The molecule has 10 heteroatoms. The molecule has 9 nitrogen and oxygen atoms in total. The van der Waals surface area contributed by atoms with Crippen LogP contribution in [-0.4, -0.2) is 58.5 Å². The maximum atomic E-state index is 14.1. The van der Waals surface area contributed by atoms with E-state index in [4.69, 9.17) is 9.47 Å². The number of nitrogens with zero attached hydrogens (tertiary/aromatic N) is 2. The Morgan fingerprint density at radius 1 is 0.881 bits per heavy atom. The second kappa shape index (κ2) is 14.7. The van der Waals surface area contributed by atoms with Gasteiger partial charge in [-0.2, -0.15) is 0 Å². The summed E-state index contributed by atoms with van der Waals surface area (Å²) in [5, 5.41) is 2.89. The largest absolute Gasteiger partial charge is 0.493 e. The normalized spacial score (nSPS) is 11.9. The highest BCUT2D eigenvalue weighted by Gasteiger charge is 2.33. The van der Waals surface area contributed by atoms with Crippen molar-refractivity contribution in [3.8, 4) is 11.5 Å². The monoisotopic (exact) mass is 595 g/mol. The van der Waals surface area contributed by atoms with Crippen molar-refractivity contribution in [2.75, 3.05) is 31.6 Å². The molecular formula is C32H41N3O6S. The summed E-state index contributed by atoms with van der Waals surface area (Å²) in [7, 11) is -1.26. The van der Waals surface area contributed by atoms with Gasteiger partial charge in [-0.15, -0.1) is 0 Å². The summed E-state index contributed by atoms with van der Waals surface area (Å²) in [4.78, 5) is 28.6. The molecule has 3 aromatic rings. The number of benzene rings is 3. The van der Waals surface area contributed by atoms with Crippen molar-refractivity contribution in [3.63, 3.8) is 0 Å². The number of rotatable bonds is 14. The number of hydrogen-bond donors (Lipinski definition) is 1. The molecule has 0 saturated heterocycles. The molecule has 0 aliphatic heterocycles. The molecule has 3 rings (SSSR count). The van der Waals surface area contributed by atoms with Gasteiger partial charge in [0.15, 0.2) is 11.5 Å².